The predicted molar refractivity (Wildman–Crippen MR) is 122 cm³/mol. The largest absolute Gasteiger partial charge is 0.493 e. The molecule has 0 radical (unpaired) electrons. The van der Waals surface area contributed by atoms with E-state index in [0.29, 0.717) is 17.1 Å². The van der Waals surface area contributed by atoms with Crippen molar-refractivity contribution in [3.8, 4) is 11.5 Å². The Bertz CT molecular complexity index is 921. The summed E-state index contributed by atoms with van der Waals surface area (Å²) in [5, 5.41) is 2.96. The van der Waals surface area contributed by atoms with E-state index in [9.17, 15) is 9.59 Å². The summed E-state index contributed by atoms with van der Waals surface area (Å²) in [6, 6.07) is 15.8. The van der Waals surface area contributed by atoms with Gasteiger partial charge in [0.2, 0.25) is 0 Å². The molecule has 1 heterocycles. The minimum atomic E-state index is -0.595. The molecule has 0 atom stereocenters. The number of amides is 1. The molecule has 0 aliphatic carbocycles. The second kappa shape index (κ2) is 11.9. The molecule has 0 unspecified atom stereocenters. The van der Waals surface area contributed by atoms with Crippen LogP contribution in [-0.4, -0.2) is 56.7 Å². The molecule has 1 amide bonds. The molecule has 0 aromatic heterocycles. The lowest BCUT2D eigenvalue weighted by atomic mass is 10.0. The van der Waals surface area contributed by atoms with Gasteiger partial charge < -0.3 is 19.5 Å². The third-order valence-corrected chi connectivity index (χ3v) is 5.38. The number of hydrogen-bond donors (Lipinski definition) is 1. The maximum atomic E-state index is 12.2. The molecule has 1 aliphatic heterocycles. The second-order valence-electron chi connectivity index (χ2n) is 7.63. The van der Waals surface area contributed by atoms with Gasteiger partial charge in [0.25, 0.3) is 5.91 Å². The molecule has 2 aromatic carbocycles. The molecule has 0 saturated carbocycles. The standard InChI is InChI=1S/C25H30N2O5/c1-30-22-10-6-9-20(25(22)31-2)11-12-24(29)32-18-23(28)26-21-13-15-27(16-14-21)17-19-7-4-3-5-8-19/h3-12,21H,13-18H2,1-2H3,(H,26,28)/b12-11+. The van der Waals surface area contributed by atoms with E-state index < -0.39 is 5.97 Å². The molecule has 0 spiro atoms. The summed E-state index contributed by atoms with van der Waals surface area (Å²) in [6.07, 6.45) is 4.60. The van der Waals surface area contributed by atoms with Crippen molar-refractivity contribution in [2.45, 2.75) is 25.4 Å². The van der Waals surface area contributed by atoms with Gasteiger partial charge in [-0.3, -0.25) is 9.69 Å². The third-order valence-electron chi connectivity index (χ3n) is 5.38. The minimum absolute atomic E-state index is 0.102. The number of likely N-dealkylation sites (tertiary alicyclic amines) is 1. The highest BCUT2D eigenvalue weighted by atomic mass is 16.5. The molecule has 7 nitrogen and oxygen atoms in total. The predicted octanol–water partition coefficient (Wildman–Crippen LogP) is 3.04. The maximum Gasteiger partial charge on any atom is 0.331 e. The first-order valence-corrected chi connectivity index (χ1v) is 10.7. The number of piperidine rings is 1. The van der Waals surface area contributed by atoms with Gasteiger partial charge in [-0.05, 0) is 30.5 Å². The molecule has 1 fully saturated rings. The van der Waals surface area contributed by atoms with Gasteiger partial charge in [0.05, 0.1) is 14.2 Å². The summed E-state index contributed by atoms with van der Waals surface area (Å²) in [7, 11) is 3.08. The molecule has 32 heavy (non-hydrogen) atoms. The fraction of sp³-hybridized carbons (Fsp3) is 0.360. The average molecular weight is 439 g/mol. The lowest BCUT2D eigenvalue weighted by molar-refractivity contribution is -0.144. The summed E-state index contributed by atoms with van der Waals surface area (Å²) in [6.45, 7) is 2.46. The number of benzene rings is 2. The number of nitrogens with one attached hydrogen (secondary N) is 1. The number of ether oxygens (including phenoxy) is 3. The van der Waals surface area contributed by atoms with Crippen molar-refractivity contribution in [2.75, 3.05) is 33.9 Å². The van der Waals surface area contributed by atoms with Gasteiger partial charge in [-0.15, -0.1) is 0 Å². The van der Waals surface area contributed by atoms with Crippen LogP contribution in [0.3, 0.4) is 0 Å². The van der Waals surface area contributed by atoms with Crippen LogP contribution in [0.1, 0.15) is 24.0 Å². The van der Waals surface area contributed by atoms with Crippen molar-refractivity contribution in [2.24, 2.45) is 0 Å². The van der Waals surface area contributed by atoms with Crippen molar-refractivity contribution < 1.29 is 23.8 Å². The van der Waals surface area contributed by atoms with Crippen molar-refractivity contribution in [3.63, 3.8) is 0 Å². The highest BCUT2D eigenvalue weighted by molar-refractivity contribution is 5.90. The van der Waals surface area contributed by atoms with E-state index in [2.05, 4.69) is 22.3 Å². The van der Waals surface area contributed by atoms with Crippen molar-refractivity contribution in [1.29, 1.82) is 0 Å². The Morgan fingerprint density at radius 3 is 2.47 bits per heavy atom. The number of esters is 1. The first kappa shape index (κ1) is 23.3. The van der Waals surface area contributed by atoms with Crippen molar-refractivity contribution in [3.05, 3.63) is 65.7 Å². The number of hydrogen-bond acceptors (Lipinski definition) is 6. The van der Waals surface area contributed by atoms with Crippen LogP contribution in [0, 0.1) is 0 Å². The molecule has 1 aliphatic rings. The van der Waals surface area contributed by atoms with Gasteiger partial charge in [0, 0.05) is 37.3 Å². The Morgan fingerprint density at radius 2 is 1.78 bits per heavy atom. The number of carbonyl (C=O) groups is 2. The van der Waals surface area contributed by atoms with Gasteiger partial charge >= 0.3 is 5.97 Å². The average Bonchev–Trinajstić information content (AvgIpc) is 2.83. The van der Waals surface area contributed by atoms with E-state index in [1.807, 2.05) is 18.2 Å². The number of nitrogens with zero attached hydrogens (tertiary/aromatic N) is 1. The number of para-hydroxylation sites is 1. The highest BCUT2D eigenvalue weighted by Crippen LogP contribution is 2.31. The molecular weight excluding hydrogens is 408 g/mol. The van der Waals surface area contributed by atoms with Gasteiger partial charge in [-0.1, -0.05) is 42.5 Å². The molecular formula is C25H30N2O5. The lowest BCUT2D eigenvalue weighted by Gasteiger charge is -2.32. The Hall–Kier alpha value is -3.32. The van der Waals surface area contributed by atoms with Gasteiger partial charge in [0.1, 0.15) is 0 Å². The SMILES string of the molecule is COc1cccc(/C=C/C(=O)OCC(=O)NC2CCN(Cc3ccccc3)CC2)c1OC. The third kappa shape index (κ3) is 6.85. The van der Waals surface area contributed by atoms with Crippen molar-refractivity contribution >= 4 is 18.0 Å². The van der Waals surface area contributed by atoms with Crippen LogP contribution >= 0.6 is 0 Å². The van der Waals surface area contributed by atoms with Crippen LogP contribution in [0.25, 0.3) is 6.08 Å². The van der Waals surface area contributed by atoms with Crippen LogP contribution in [0.5, 0.6) is 11.5 Å². The van der Waals surface area contributed by atoms with Crippen LogP contribution < -0.4 is 14.8 Å². The quantitative estimate of drug-likeness (QED) is 0.479. The summed E-state index contributed by atoms with van der Waals surface area (Å²) in [5.41, 5.74) is 1.97. The Morgan fingerprint density at radius 1 is 1.03 bits per heavy atom. The Kier molecular flexibility index (Phi) is 8.69. The summed E-state index contributed by atoms with van der Waals surface area (Å²) in [5.74, 6) is 0.211. The van der Waals surface area contributed by atoms with Gasteiger partial charge in [-0.2, -0.15) is 0 Å². The van der Waals surface area contributed by atoms with E-state index >= 15 is 0 Å². The van der Waals surface area contributed by atoms with Crippen molar-refractivity contribution in [1.82, 2.24) is 10.2 Å². The smallest absolute Gasteiger partial charge is 0.331 e. The van der Waals surface area contributed by atoms with Crippen LogP contribution in [0.4, 0.5) is 0 Å². The number of methoxy groups -OCH3 is 2. The zero-order valence-electron chi connectivity index (χ0n) is 18.6. The summed E-state index contributed by atoms with van der Waals surface area (Å²) < 4.78 is 15.6. The van der Waals surface area contributed by atoms with E-state index in [0.717, 1.165) is 32.5 Å². The lowest BCUT2D eigenvalue weighted by Crippen LogP contribution is -2.45. The maximum absolute atomic E-state index is 12.2. The molecule has 1 saturated heterocycles. The molecule has 3 rings (SSSR count). The molecule has 7 heteroatoms. The minimum Gasteiger partial charge on any atom is -0.493 e. The highest BCUT2D eigenvalue weighted by Gasteiger charge is 2.21. The van der Waals surface area contributed by atoms with E-state index in [1.54, 1.807) is 31.4 Å². The molecule has 170 valence electrons. The van der Waals surface area contributed by atoms with Crippen LogP contribution in [-0.2, 0) is 20.9 Å². The van der Waals surface area contributed by atoms with E-state index in [4.69, 9.17) is 14.2 Å². The molecule has 0 bridgehead atoms. The van der Waals surface area contributed by atoms with Crippen LogP contribution in [0.15, 0.2) is 54.6 Å². The van der Waals surface area contributed by atoms with Crippen LogP contribution in [0.2, 0.25) is 0 Å². The summed E-state index contributed by atoms with van der Waals surface area (Å²) in [4.78, 5) is 26.6. The Balaban J connectivity index is 1.39. The molecule has 1 N–H and O–H groups in total. The first-order valence-electron chi connectivity index (χ1n) is 10.7. The van der Waals surface area contributed by atoms with E-state index in [-0.39, 0.29) is 18.6 Å². The molecule has 2 aromatic rings. The van der Waals surface area contributed by atoms with Gasteiger partial charge in [-0.25, -0.2) is 4.79 Å². The monoisotopic (exact) mass is 438 g/mol. The summed E-state index contributed by atoms with van der Waals surface area (Å²) >= 11 is 0. The number of carbonyl (C=O) groups excluding carboxylic acids is 2. The second-order valence-corrected chi connectivity index (χ2v) is 7.63. The Labute approximate surface area is 189 Å². The zero-order chi connectivity index (χ0) is 22.8. The van der Waals surface area contributed by atoms with Gasteiger partial charge in [0.15, 0.2) is 18.1 Å². The zero-order valence-corrected chi connectivity index (χ0v) is 18.6. The van der Waals surface area contributed by atoms with E-state index in [1.165, 1.54) is 18.7 Å². The fourth-order valence-corrected chi connectivity index (χ4v) is 3.73. The normalized spacial score (nSPS) is 14.8. The fourth-order valence-electron chi connectivity index (χ4n) is 3.73. The number of rotatable bonds is 9. The topological polar surface area (TPSA) is 77.1 Å². The first-order chi connectivity index (χ1) is 15.6.